The minimum absolute atomic E-state index is 0. The summed E-state index contributed by atoms with van der Waals surface area (Å²) < 4.78 is 0. The number of hydrogen-bond donors (Lipinski definition) is 0. The largest absolute Gasteiger partial charge is 0.263 e. The van der Waals surface area contributed by atoms with Crippen LogP contribution in [0, 0.1) is 11.5 Å². The van der Waals surface area contributed by atoms with Crippen molar-refractivity contribution in [2.24, 2.45) is 5.41 Å². The van der Waals surface area contributed by atoms with Crippen LogP contribution in [0.1, 0.15) is 34.6 Å². The van der Waals surface area contributed by atoms with Gasteiger partial charge in [-0.1, -0.05) is 33.1 Å². The van der Waals surface area contributed by atoms with Crippen molar-refractivity contribution in [3.63, 3.8) is 0 Å². The Hall–Kier alpha value is 0.800. The summed E-state index contributed by atoms with van der Waals surface area (Å²) in [7, 11) is 0. The first-order valence-corrected chi connectivity index (χ1v) is 3.75. The van der Waals surface area contributed by atoms with E-state index in [-0.39, 0.29) is 52.6 Å². The van der Waals surface area contributed by atoms with Gasteiger partial charge in [-0.3, -0.25) is 6.08 Å². The van der Waals surface area contributed by atoms with E-state index in [1.165, 1.54) is 16.7 Å². The molecule has 1 aliphatic carbocycles. The average Bonchev–Trinajstić information content (AvgIpc) is 1.95. The SMILES string of the molecule is CC1=[C-]C(C)(C)C(C)=C1C.Cl.Cl.[Nb]. The zero-order valence-electron chi connectivity index (χ0n) is 8.76. The van der Waals surface area contributed by atoms with Crippen molar-refractivity contribution in [2.45, 2.75) is 34.6 Å². The molecule has 0 spiro atoms. The van der Waals surface area contributed by atoms with Gasteiger partial charge in [0.1, 0.15) is 0 Å². The fourth-order valence-corrected chi connectivity index (χ4v) is 1.41. The van der Waals surface area contributed by atoms with Crippen LogP contribution >= 0.6 is 24.8 Å². The van der Waals surface area contributed by atoms with Crippen molar-refractivity contribution in [3.05, 3.63) is 22.8 Å². The molecule has 1 rings (SSSR count). The molecule has 0 saturated carbocycles. The molecule has 0 bridgehead atoms. The van der Waals surface area contributed by atoms with E-state index in [1.807, 2.05) is 0 Å². The van der Waals surface area contributed by atoms with Gasteiger partial charge in [-0.05, 0) is 0 Å². The molecule has 77 valence electrons. The van der Waals surface area contributed by atoms with E-state index in [9.17, 15) is 0 Å². The second-order valence-corrected chi connectivity index (χ2v) is 3.62. The van der Waals surface area contributed by atoms with Crippen LogP contribution in [0.25, 0.3) is 0 Å². The predicted molar refractivity (Wildman–Crippen MR) is 59.1 cm³/mol. The van der Waals surface area contributed by atoms with Gasteiger partial charge in [0.2, 0.25) is 0 Å². The van der Waals surface area contributed by atoms with Crippen LogP contribution in [-0.2, 0) is 22.4 Å². The van der Waals surface area contributed by atoms with Gasteiger partial charge in [0.25, 0.3) is 0 Å². The number of allylic oxidation sites excluding steroid dienone is 4. The summed E-state index contributed by atoms with van der Waals surface area (Å²) in [5.74, 6) is 0. The number of halogens is 2. The van der Waals surface area contributed by atoms with Crippen LogP contribution in [0.15, 0.2) is 16.7 Å². The maximum absolute atomic E-state index is 3.44. The van der Waals surface area contributed by atoms with Crippen LogP contribution in [0.3, 0.4) is 0 Å². The fourth-order valence-electron chi connectivity index (χ4n) is 1.41. The normalized spacial score (nSPS) is 18.1. The van der Waals surface area contributed by atoms with Crippen molar-refractivity contribution in [1.29, 1.82) is 0 Å². The maximum Gasteiger partial charge on any atom is 0 e. The molecule has 0 fully saturated rings. The van der Waals surface area contributed by atoms with Gasteiger partial charge in [0.15, 0.2) is 0 Å². The van der Waals surface area contributed by atoms with Gasteiger partial charge in [-0.2, -0.15) is 11.1 Å². The summed E-state index contributed by atoms with van der Waals surface area (Å²) >= 11 is 0. The van der Waals surface area contributed by atoms with Crippen molar-refractivity contribution < 1.29 is 22.4 Å². The van der Waals surface area contributed by atoms with Crippen LogP contribution < -0.4 is 0 Å². The minimum atomic E-state index is 0. The monoisotopic (exact) mass is 300 g/mol. The molecular weight excluding hydrogens is 284 g/mol. The van der Waals surface area contributed by atoms with Gasteiger partial charge in [0, 0.05) is 22.4 Å². The van der Waals surface area contributed by atoms with E-state index in [0.29, 0.717) is 0 Å². The second-order valence-electron chi connectivity index (χ2n) is 3.62. The molecule has 13 heavy (non-hydrogen) atoms. The molecule has 0 heterocycles. The Kier molecular flexibility index (Phi) is 9.42. The standard InChI is InChI=1S/C10H15.2ClH.Nb/c1-7-6-10(4,5)9(3)8(7)2;;;/h1-5H3;2*1H;/q-1;;;. The van der Waals surface area contributed by atoms with Gasteiger partial charge >= 0.3 is 0 Å². The van der Waals surface area contributed by atoms with Gasteiger partial charge in [0.05, 0.1) is 0 Å². The van der Waals surface area contributed by atoms with E-state index >= 15 is 0 Å². The Balaban J connectivity index is -0.000000333. The first-order chi connectivity index (χ1) is 4.45. The third-order valence-electron chi connectivity index (χ3n) is 2.56. The summed E-state index contributed by atoms with van der Waals surface area (Å²) in [6, 6.07) is 0. The molecule has 0 aromatic heterocycles. The number of hydrogen-bond acceptors (Lipinski definition) is 0. The van der Waals surface area contributed by atoms with Crippen molar-refractivity contribution in [3.8, 4) is 0 Å². The van der Waals surface area contributed by atoms with Crippen molar-refractivity contribution in [2.75, 3.05) is 0 Å². The third kappa shape index (κ3) is 3.81. The van der Waals surface area contributed by atoms with Crippen LogP contribution in [0.5, 0.6) is 0 Å². The molecule has 0 aromatic rings. The van der Waals surface area contributed by atoms with Gasteiger partial charge < -0.3 is 0 Å². The van der Waals surface area contributed by atoms with E-state index < -0.39 is 0 Å². The van der Waals surface area contributed by atoms with E-state index in [0.717, 1.165) is 0 Å². The van der Waals surface area contributed by atoms with Crippen molar-refractivity contribution in [1.82, 2.24) is 0 Å². The quantitative estimate of drug-likeness (QED) is 0.469. The molecule has 0 amide bonds. The summed E-state index contributed by atoms with van der Waals surface area (Å²) in [5.41, 5.74) is 4.39. The van der Waals surface area contributed by atoms with E-state index in [2.05, 4.69) is 40.7 Å². The maximum atomic E-state index is 3.44. The zero-order valence-corrected chi connectivity index (χ0v) is 12.6. The molecule has 0 aromatic carbocycles. The summed E-state index contributed by atoms with van der Waals surface area (Å²) in [5, 5.41) is 0. The third-order valence-corrected chi connectivity index (χ3v) is 2.56. The topological polar surface area (TPSA) is 0 Å². The van der Waals surface area contributed by atoms with Crippen LogP contribution in [0.4, 0.5) is 0 Å². The fraction of sp³-hybridized carbons (Fsp3) is 0.600. The molecule has 0 atom stereocenters. The molecule has 0 saturated heterocycles. The Bertz CT molecular complexity index is 227. The second kappa shape index (κ2) is 6.31. The molecule has 0 unspecified atom stereocenters. The molecule has 1 aliphatic rings. The predicted octanol–water partition coefficient (Wildman–Crippen LogP) is 3.95. The molecule has 1 radical (unpaired) electrons. The smallest absolute Gasteiger partial charge is 0 e. The Morgan fingerprint density at radius 3 is 1.46 bits per heavy atom. The van der Waals surface area contributed by atoms with Gasteiger partial charge in [-0.25, -0.2) is 5.57 Å². The summed E-state index contributed by atoms with van der Waals surface area (Å²) in [6.45, 7) is 10.9. The van der Waals surface area contributed by atoms with Crippen molar-refractivity contribution >= 4 is 24.8 Å². The van der Waals surface area contributed by atoms with Crippen LogP contribution in [0.2, 0.25) is 0 Å². The molecular formula is C10H17Cl2Nb-. The molecule has 3 heteroatoms. The molecule has 0 nitrogen and oxygen atoms in total. The summed E-state index contributed by atoms with van der Waals surface area (Å²) in [6.07, 6.45) is 3.44. The first-order valence-electron chi connectivity index (χ1n) is 3.75. The number of rotatable bonds is 0. The van der Waals surface area contributed by atoms with Gasteiger partial charge in [-0.15, -0.1) is 31.7 Å². The molecule has 0 aliphatic heterocycles. The Labute approximate surface area is 110 Å². The minimum Gasteiger partial charge on any atom is -0.263 e. The Morgan fingerprint density at radius 2 is 1.38 bits per heavy atom. The van der Waals surface area contributed by atoms with Crippen LogP contribution in [-0.4, -0.2) is 0 Å². The molecule has 0 N–H and O–H groups in total. The zero-order chi connectivity index (χ0) is 7.94. The van der Waals surface area contributed by atoms with E-state index in [4.69, 9.17) is 0 Å². The average molecular weight is 301 g/mol. The van der Waals surface area contributed by atoms with E-state index in [1.54, 1.807) is 0 Å². The first kappa shape index (κ1) is 19.4. The Morgan fingerprint density at radius 1 is 1.00 bits per heavy atom. The summed E-state index contributed by atoms with van der Waals surface area (Å²) in [4.78, 5) is 0.